The van der Waals surface area contributed by atoms with Crippen LogP contribution in [0.1, 0.15) is 19.4 Å². The highest BCUT2D eigenvalue weighted by molar-refractivity contribution is 5.34. The fourth-order valence-corrected chi connectivity index (χ4v) is 1.35. The van der Waals surface area contributed by atoms with Gasteiger partial charge in [0.15, 0.2) is 0 Å². The summed E-state index contributed by atoms with van der Waals surface area (Å²) >= 11 is 0. The smallest absolute Gasteiger partial charge is 0.255 e. The molecule has 0 aliphatic heterocycles. The van der Waals surface area contributed by atoms with Crippen molar-refractivity contribution in [1.29, 1.82) is 0 Å². The molecule has 0 saturated heterocycles. The molecule has 2 aromatic rings. The second-order valence-electron chi connectivity index (χ2n) is 3.24. The molecule has 84 valence electrons. The molecule has 2 rings (SSSR count). The Hall–Kier alpha value is -1.83. The molecule has 1 aromatic heterocycles. The summed E-state index contributed by atoms with van der Waals surface area (Å²) in [4.78, 5) is 11.5. The molecule has 0 atom stereocenters. The van der Waals surface area contributed by atoms with E-state index in [4.69, 9.17) is 0 Å². The lowest BCUT2D eigenvalue weighted by molar-refractivity contribution is 0.989. The maximum atomic E-state index is 11.5. The van der Waals surface area contributed by atoms with Gasteiger partial charge in [-0.1, -0.05) is 37.6 Å². The van der Waals surface area contributed by atoms with E-state index in [1.807, 2.05) is 51.1 Å². The topological polar surface area (TPSA) is 22.0 Å². The normalized spacial score (nSPS) is 9.19. The minimum absolute atomic E-state index is 0.00338. The standard InChI is InChI=1S/C12H11NO.C2H6/c1-10-5-7-11(8-6-10)13-9-3-2-4-12(13)14;1-2/h2-9H,1H3;1-2H3. The van der Waals surface area contributed by atoms with Crippen LogP contribution in [0, 0.1) is 6.92 Å². The van der Waals surface area contributed by atoms with E-state index < -0.39 is 0 Å². The van der Waals surface area contributed by atoms with Crippen molar-refractivity contribution in [3.8, 4) is 5.69 Å². The first-order valence-electron chi connectivity index (χ1n) is 5.52. The zero-order valence-electron chi connectivity index (χ0n) is 9.97. The molecule has 0 bridgehead atoms. The van der Waals surface area contributed by atoms with Gasteiger partial charge in [0, 0.05) is 18.0 Å². The van der Waals surface area contributed by atoms with E-state index in [-0.39, 0.29) is 5.56 Å². The Balaban J connectivity index is 0.000000606. The Kier molecular flexibility index (Phi) is 4.52. The molecular weight excluding hydrogens is 198 g/mol. The fraction of sp³-hybridized carbons (Fsp3) is 0.214. The van der Waals surface area contributed by atoms with Crippen molar-refractivity contribution in [3.63, 3.8) is 0 Å². The molecule has 2 nitrogen and oxygen atoms in total. The third-order valence-electron chi connectivity index (χ3n) is 2.13. The number of aryl methyl sites for hydroxylation is 1. The van der Waals surface area contributed by atoms with Gasteiger partial charge in [-0.3, -0.25) is 9.36 Å². The molecular formula is C14H17NO. The lowest BCUT2D eigenvalue weighted by Gasteiger charge is -2.04. The van der Waals surface area contributed by atoms with Crippen LogP contribution in [-0.4, -0.2) is 4.57 Å². The predicted molar refractivity (Wildman–Crippen MR) is 68.1 cm³/mol. The molecule has 0 aliphatic rings. The molecule has 16 heavy (non-hydrogen) atoms. The molecule has 0 saturated carbocycles. The molecule has 0 amide bonds. The summed E-state index contributed by atoms with van der Waals surface area (Å²) < 4.78 is 1.62. The molecule has 1 heterocycles. The van der Waals surface area contributed by atoms with Crippen LogP contribution in [0.3, 0.4) is 0 Å². The number of hydrogen-bond donors (Lipinski definition) is 0. The van der Waals surface area contributed by atoms with Gasteiger partial charge >= 0.3 is 0 Å². The predicted octanol–water partition coefficient (Wildman–Crippen LogP) is 3.17. The second-order valence-corrected chi connectivity index (χ2v) is 3.24. The van der Waals surface area contributed by atoms with Crippen molar-refractivity contribution in [2.45, 2.75) is 20.8 Å². The summed E-state index contributed by atoms with van der Waals surface area (Å²) in [5.41, 5.74) is 2.09. The van der Waals surface area contributed by atoms with Crippen LogP contribution >= 0.6 is 0 Å². The molecule has 0 unspecified atom stereocenters. The first-order chi connectivity index (χ1) is 7.77. The van der Waals surface area contributed by atoms with Gasteiger partial charge in [0.05, 0.1) is 0 Å². The molecule has 0 N–H and O–H groups in total. The van der Waals surface area contributed by atoms with Crippen molar-refractivity contribution in [2.75, 3.05) is 0 Å². The van der Waals surface area contributed by atoms with Gasteiger partial charge in [0.1, 0.15) is 0 Å². The largest absolute Gasteiger partial charge is 0.284 e. The summed E-state index contributed by atoms with van der Waals surface area (Å²) in [6.07, 6.45) is 1.77. The number of nitrogens with zero attached hydrogens (tertiary/aromatic N) is 1. The monoisotopic (exact) mass is 215 g/mol. The van der Waals surface area contributed by atoms with Crippen molar-refractivity contribution in [3.05, 3.63) is 64.6 Å². The van der Waals surface area contributed by atoms with Crippen molar-refractivity contribution >= 4 is 0 Å². The number of rotatable bonds is 1. The molecule has 0 aliphatic carbocycles. The summed E-state index contributed by atoms with van der Waals surface area (Å²) in [5.74, 6) is 0. The van der Waals surface area contributed by atoms with Crippen LogP contribution in [-0.2, 0) is 0 Å². The van der Waals surface area contributed by atoms with Crippen molar-refractivity contribution in [1.82, 2.24) is 4.57 Å². The number of hydrogen-bond acceptors (Lipinski definition) is 1. The maximum absolute atomic E-state index is 11.5. The molecule has 0 spiro atoms. The van der Waals surface area contributed by atoms with Crippen molar-refractivity contribution < 1.29 is 0 Å². The van der Waals surface area contributed by atoms with E-state index in [0.717, 1.165) is 5.69 Å². The minimum atomic E-state index is -0.00338. The third-order valence-corrected chi connectivity index (χ3v) is 2.13. The first kappa shape index (κ1) is 12.2. The maximum Gasteiger partial charge on any atom is 0.255 e. The highest BCUT2D eigenvalue weighted by Crippen LogP contribution is 2.06. The van der Waals surface area contributed by atoms with Gasteiger partial charge in [-0.2, -0.15) is 0 Å². The summed E-state index contributed by atoms with van der Waals surface area (Å²) in [6.45, 7) is 6.03. The Labute approximate surface area is 96.2 Å². The summed E-state index contributed by atoms with van der Waals surface area (Å²) in [6, 6.07) is 13.0. The Bertz CT molecular complexity index is 483. The molecule has 0 radical (unpaired) electrons. The summed E-state index contributed by atoms with van der Waals surface area (Å²) in [7, 11) is 0. The molecule has 1 aromatic carbocycles. The number of pyridine rings is 1. The quantitative estimate of drug-likeness (QED) is 0.716. The highest BCUT2D eigenvalue weighted by Gasteiger charge is 1.96. The first-order valence-corrected chi connectivity index (χ1v) is 5.52. The van der Waals surface area contributed by atoms with Crippen LogP contribution in [0.15, 0.2) is 53.5 Å². The van der Waals surface area contributed by atoms with E-state index in [9.17, 15) is 4.79 Å². The van der Waals surface area contributed by atoms with Gasteiger partial charge in [-0.15, -0.1) is 0 Å². The zero-order valence-corrected chi connectivity index (χ0v) is 9.97. The lowest BCUT2D eigenvalue weighted by Crippen LogP contribution is -2.15. The zero-order chi connectivity index (χ0) is 12.0. The van der Waals surface area contributed by atoms with E-state index in [2.05, 4.69) is 0 Å². The van der Waals surface area contributed by atoms with Crippen LogP contribution < -0.4 is 5.56 Å². The Morgan fingerprint density at radius 3 is 2.12 bits per heavy atom. The summed E-state index contributed by atoms with van der Waals surface area (Å²) in [5, 5.41) is 0. The fourth-order valence-electron chi connectivity index (χ4n) is 1.35. The highest BCUT2D eigenvalue weighted by atomic mass is 16.1. The Morgan fingerprint density at radius 1 is 0.938 bits per heavy atom. The minimum Gasteiger partial charge on any atom is -0.284 e. The average Bonchev–Trinajstić information content (AvgIpc) is 2.34. The number of benzene rings is 1. The SMILES string of the molecule is CC.Cc1ccc(-n2ccccc2=O)cc1. The van der Waals surface area contributed by atoms with Gasteiger partial charge in [-0.25, -0.2) is 0 Å². The second kappa shape index (κ2) is 5.91. The molecule has 2 heteroatoms. The van der Waals surface area contributed by atoms with E-state index in [1.54, 1.807) is 22.9 Å². The van der Waals surface area contributed by atoms with E-state index >= 15 is 0 Å². The molecule has 0 fully saturated rings. The average molecular weight is 215 g/mol. The van der Waals surface area contributed by atoms with Gasteiger partial charge in [-0.05, 0) is 25.1 Å². The van der Waals surface area contributed by atoms with E-state index in [0.29, 0.717) is 0 Å². The van der Waals surface area contributed by atoms with E-state index in [1.165, 1.54) is 5.56 Å². The third kappa shape index (κ3) is 2.83. The van der Waals surface area contributed by atoms with Gasteiger partial charge in [0.25, 0.3) is 5.56 Å². The van der Waals surface area contributed by atoms with Crippen molar-refractivity contribution in [2.24, 2.45) is 0 Å². The number of aromatic nitrogens is 1. The van der Waals surface area contributed by atoms with Gasteiger partial charge in [0.2, 0.25) is 0 Å². The van der Waals surface area contributed by atoms with Crippen LogP contribution in [0.5, 0.6) is 0 Å². The van der Waals surface area contributed by atoms with Crippen LogP contribution in [0.4, 0.5) is 0 Å². The lowest BCUT2D eigenvalue weighted by atomic mass is 10.2. The van der Waals surface area contributed by atoms with Gasteiger partial charge < -0.3 is 0 Å². The van der Waals surface area contributed by atoms with Crippen LogP contribution in [0.25, 0.3) is 5.69 Å². The Morgan fingerprint density at radius 2 is 1.56 bits per heavy atom. The van der Waals surface area contributed by atoms with Crippen LogP contribution in [0.2, 0.25) is 0 Å².